The third-order valence-corrected chi connectivity index (χ3v) is 5.95. The first-order valence-corrected chi connectivity index (χ1v) is 8.33. The van der Waals surface area contributed by atoms with Crippen molar-refractivity contribution in [3.8, 4) is 0 Å². The van der Waals surface area contributed by atoms with Gasteiger partial charge in [0.05, 0.1) is 12.8 Å². The molecule has 0 aromatic rings. The third-order valence-electron chi connectivity index (χ3n) is 3.25. The molecule has 112 valence electrons. The molecule has 7 nitrogen and oxygen atoms in total. The molecule has 0 aliphatic carbocycles. The molecule has 1 aliphatic rings. The van der Waals surface area contributed by atoms with Gasteiger partial charge < -0.3 is 22.9 Å². The number of carbonyl (C=O) groups is 1. The summed E-state index contributed by atoms with van der Waals surface area (Å²) in [5.74, 6) is 0. The summed E-state index contributed by atoms with van der Waals surface area (Å²) in [5, 5.41) is 0. The highest BCUT2D eigenvalue weighted by Crippen LogP contribution is 2.11. The number of hydrogen-bond donors (Lipinski definition) is 0. The SMILES string of the molecule is CCOC(=O)N1CCN(C[Si](OC)(OC)OC)CC1. The van der Waals surface area contributed by atoms with Crippen molar-refractivity contribution in [3.05, 3.63) is 0 Å². The normalized spacial score (nSPS) is 17.6. The summed E-state index contributed by atoms with van der Waals surface area (Å²) in [6.07, 6.45) is 0.392. The molecule has 0 spiro atoms. The van der Waals surface area contributed by atoms with Crippen LogP contribution in [0.1, 0.15) is 6.92 Å². The number of ether oxygens (including phenoxy) is 1. The second kappa shape index (κ2) is 7.80. The molecule has 0 N–H and O–H groups in total. The van der Waals surface area contributed by atoms with Gasteiger partial charge in [-0.3, -0.25) is 4.90 Å². The monoisotopic (exact) mass is 292 g/mol. The van der Waals surface area contributed by atoms with Crippen LogP contribution in [0.3, 0.4) is 0 Å². The van der Waals surface area contributed by atoms with Gasteiger partial charge >= 0.3 is 14.9 Å². The highest BCUT2D eigenvalue weighted by molar-refractivity contribution is 6.60. The Balaban J connectivity index is 2.43. The fraction of sp³-hybridized carbons (Fsp3) is 0.909. The standard InChI is InChI=1S/C11H24N2O5Si/c1-5-18-11(14)13-8-6-12(7-9-13)10-19(15-2,16-3)17-4/h5-10H2,1-4H3. The number of hydrogen-bond acceptors (Lipinski definition) is 6. The number of piperazine rings is 1. The first-order valence-electron chi connectivity index (χ1n) is 6.40. The quantitative estimate of drug-likeness (QED) is 0.651. The van der Waals surface area contributed by atoms with E-state index in [1.54, 1.807) is 26.2 Å². The second-order valence-electron chi connectivity index (χ2n) is 4.26. The maximum atomic E-state index is 11.6. The van der Waals surface area contributed by atoms with E-state index in [0.717, 1.165) is 13.1 Å². The maximum Gasteiger partial charge on any atom is 0.514 e. The molecule has 1 aliphatic heterocycles. The summed E-state index contributed by atoms with van der Waals surface area (Å²) in [6, 6.07) is 0. The van der Waals surface area contributed by atoms with E-state index in [2.05, 4.69) is 4.90 Å². The molecule has 19 heavy (non-hydrogen) atoms. The lowest BCUT2D eigenvalue weighted by molar-refractivity contribution is 0.0676. The summed E-state index contributed by atoms with van der Waals surface area (Å²) in [6.45, 7) is 5.06. The summed E-state index contributed by atoms with van der Waals surface area (Å²) in [7, 11) is 2.24. The van der Waals surface area contributed by atoms with Gasteiger partial charge in [-0.25, -0.2) is 4.79 Å². The van der Waals surface area contributed by atoms with Gasteiger partial charge in [0.1, 0.15) is 0 Å². The third kappa shape index (κ3) is 4.43. The van der Waals surface area contributed by atoms with Crippen molar-refractivity contribution in [1.82, 2.24) is 9.80 Å². The fourth-order valence-corrected chi connectivity index (χ4v) is 3.77. The van der Waals surface area contributed by atoms with Gasteiger partial charge in [0, 0.05) is 47.5 Å². The Morgan fingerprint density at radius 1 is 1.05 bits per heavy atom. The van der Waals surface area contributed by atoms with Gasteiger partial charge in [0.25, 0.3) is 0 Å². The van der Waals surface area contributed by atoms with Crippen LogP contribution in [0.4, 0.5) is 4.79 Å². The molecule has 1 saturated heterocycles. The van der Waals surface area contributed by atoms with Crippen LogP contribution in [0, 0.1) is 0 Å². The minimum Gasteiger partial charge on any atom is -0.450 e. The first-order chi connectivity index (χ1) is 9.10. The van der Waals surface area contributed by atoms with Crippen molar-refractivity contribution < 1.29 is 22.8 Å². The Labute approximate surface area is 115 Å². The lowest BCUT2D eigenvalue weighted by Gasteiger charge is -2.37. The number of nitrogens with zero attached hydrogens (tertiary/aromatic N) is 2. The van der Waals surface area contributed by atoms with Crippen molar-refractivity contribution in [3.63, 3.8) is 0 Å². The van der Waals surface area contributed by atoms with Crippen LogP contribution in [0.15, 0.2) is 0 Å². The summed E-state index contributed by atoms with van der Waals surface area (Å²) < 4.78 is 21.2. The molecular weight excluding hydrogens is 268 g/mol. The average Bonchev–Trinajstić information content (AvgIpc) is 2.46. The van der Waals surface area contributed by atoms with E-state index in [1.807, 2.05) is 6.92 Å². The van der Waals surface area contributed by atoms with Crippen molar-refractivity contribution in [2.45, 2.75) is 6.92 Å². The van der Waals surface area contributed by atoms with Crippen LogP contribution in [0.5, 0.6) is 0 Å². The van der Waals surface area contributed by atoms with Crippen molar-refractivity contribution >= 4 is 14.9 Å². The van der Waals surface area contributed by atoms with Crippen molar-refractivity contribution in [1.29, 1.82) is 0 Å². The Kier molecular flexibility index (Phi) is 6.73. The topological polar surface area (TPSA) is 60.5 Å². The maximum absolute atomic E-state index is 11.6. The predicted molar refractivity (Wildman–Crippen MR) is 71.8 cm³/mol. The first kappa shape index (κ1) is 16.4. The number of rotatable bonds is 6. The van der Waals surface area contributed by atoms with E-state index in [4.69, 9.17) is 18.0 Å². The van der Waals surface area contributed by atoms with Gasteiger partial charge in [-0.15, -0.1) is 0 Å². The molecule has 0 unspecified atom stereocenters. The molecule has 0 atom stereocenters. The highest BCUT2D eigenvalue weighted by Gasteiger charge is 2.40. The lowest BCUT2D eigenvalue weighted by atomic mass is 10.3. The fourth-order valence-electron chi connectivity index (χ4n) is 2.02. The van der Waals surface area contributed by atoms with Crippen molar-refractivity contribution in [2.24, 2.45) is 0 Å². The molecule has 0 bridgehead atoms. The predicted octanol–water partition coefficient (Wildman–Crippen LogP) is 0.178. The van der Waals surface area contributed by atoms with Gasteiger partial charge in [-0.1, -0.05) is 0 Å². The summed E-state index contributed by atoms with van der Waals surface area (Å²) in [5.41, 5.74) is 0. The average molecular weight is 292 g/mol. The van der Waals surface area contributed by atoms with Gasteiger partial charge in [0.2, 0.25) is 0 Å². The molecule has 1 heterocycles. The van der Waals surface area contributed by atoms with E-state index in [9.17, 15) is 4.79 Å². The minimum absolute atomic E-state index is 0.240. The Hall–Kier alpha value is -0.673. The molecular formula is C11H24N2O5Si. The highest BCUT2D eigenvalue weighted by atomic mass is 28.4. The zero-order valence-corrected chi connectivity index (χ0v) is 13.2. The van der Waals surface area contributed by atoms with Gasteiger partial charge in [-0.2, -0.15) is 0 Å². The van der Waals surface area contributed by atoms with Crippen LogP contribution < -0.4 is 0 Å². The zero-order chi connectivity index (χ0) is 14.3. The van der Waals surface area contributed by atoms with Crippen molar-refractivity contribution in [2.75, 3.05) is 60.3 Å². The Morgan fingerprint density at radius 3 is 2.00 bits per heavy atom. The molecule has 1 rings (SSSR count). The molecule has 0 aromatic carbocycles. The summed E-state index contributed by atoms with van der Waals surface area (Å²) in [4.78, 5) is 15.5. The smallest absolute Gasteiger partial charge is 0.450 e. The minimum atomic E-state index is -2.58. The molecule has 0 aromatic heterocycles. The van der Waals surface area contributed by atoms with Crippen LogP contribution in [0.2, 0.25) is 0 Å². The van der Waals surface area contributed by atoms with Crippen LogP contribution in [0.25, 0.3) is 0 Å². The molecule has 0 radical (unpaired) electrons. The van der Waals surface area contributed by atoms with E-state index >= 15 is 0 Å². The molecule has 8 heteroatoms. The lowest BCUT2D eigenvalue weighted by Crippen LogP contribution is -2.58. The van der Waals surface area contributed by atoms with Gasteiger partial charge in [0.15, 0.2) is 0 Å². The van der Waals surface area contributed by atoms with E-state index in [1.165, 1.54) is 0 Å². The Bertz CT molecular complexity index is 272. The van der Waals surface area contributed by atoms with E-state index < -0.39 is 8.80 Å². The molecule has 1 fully saturated rings. The van der Waals surface area contributed by atoms with Crippen LogP contribution in [-0.4, -0.2) is 85.0 Å². The molecule has 0 saturated carbocycles. The zero-order valence-electron chi connectivity index (χ0n) is 12.2. The Morgan fingerprint density at radius 2 is 1.58 bits per heavy atom. The summed E-state index contributed by atoms with van der Waals surface area (Å²) >= 11 is 0. The second-order valence-corrected chi connectivity index (χ2v) is 7.16. The van der Waals surface area contributed by atoms with Crippen LogP contribution in [-0.2, 0) is 18.0 Å². The largest absolute Gasteiger partial charge is 0.514 e. The van der Waals surface area contributed by atoms with Crippen LogP contribution >= 0.6 is 0 Å². The van der Waals surface area contributed by atoms with Gasteiger partial charge in [-0.05, 0) is 6.92 Å². The molecule has 1 amide bonds. The van der Waals surface area contributed by atoms with E-state index in [-0.39, 0.29) is 6.09 Å². The number of carbonyl (C=O) groups excluding carboxylic acids is 1. The van der Waals surface area contributed by atoms with E-state index in [0.29, 0.717) is 25.9 Å². The number of amides is 1.